The van der Waals surface area contributed by atoms with Crippen LogP contribution in [0.5, 0.6) is 5.75 Å². The van der Waals surface area contributed by atoms with Crippen LogP contribution in [0.3, 0.4) is 0 Å². The number of nitrogens with zero attached hydrogens (tertiary/aromatic N) is 3. The summed E-state index contributed by atoms with van der Waals surface area (Å²) in [6.07, 6.45) is 1.47. The quantitative estimate of drug-likeness (QED) is 0.479. The Hall–Kier alpha value is -4.15. The Morgan fingerprint density at radius 3 is 2.34 bits per heavy atom. The number of amides is 4. The molecule has 2 aliphatic rings. The molecule has 0 unspecified atom stereocenters. The van der Waals surface area contributed by atoms with Gasteiger partial charge in [0, 0.05) is 25.8 Å². The van der Waals surface area contributed by atoms with E-state index < -0.39 is 29.2 Å². The number of primary amides is 1. The van der Waals surface area contributed by atoms with Crippen molar-refractivity contribution in [3.05, 3.63) is 59.4 Å². The molecule has 1 atom stereocenters. The molecule has 0 radical (unpaired) electrons. The van der Waals surface area contributed by atoms with E-state index in [1.807, 2.05) is 37.8 Å². The van der Waals surface area contributed by atoms with Gasteiger partial charge in [0.05, 0.1) is 12.2 Å². The summed E-state index contributed by atoms with van der Waals surface area (Å²) in [6.45, 7) is 6.41. The molecule has 41 heavy (non-hydrogen) atoms. The summed E-state index contributed by atoms with van der Waals surface area (Å²) < 4.78 is 19.8. The van der Waals surface area contributed by atoms with Crippen LogP contribution in [0.1, 0.15) is 49.5 Å². The Bertz CT molecular complexity index is 1310. The summed E-state index contributed by atoms with van der Waals surface area (Å²) in [5.41, 5.74) is 5.89. The zero-order valence-electron chi connectivity index (χ0n) is 24.0. The molecule has 2 saturated heterocycles. The van der Waals surface area contributed by atoms with Crippen molar-refractivity contribution in [2.24, 2.45) is 11.7 Å². The number of carbonyl (C=O) groups is 4. The standard InChI is InChI=1S/C30H38FN5O5/c1-5-20-6-11-24(31)23(16-20)27(38)33-26(19(2)3)28(39)35-14-12-30(13-15-35)29(40)34(4)18-36(30)21-7-9-22(10-8-21)41-17-25(32)37/h6-11,16,19,26H,5,12-15,17-18H2,1-4H3,(H2,32,37)(H,33,38)/t26-/m1/s1. The molecule has 2 aromatic rings. The fourth-order valence-electron chi connectivity index (χ4n) is 5.56. The van der Waals surface area contributed by atoms with Gasteiger partial charge < -0.3 is 30.5 Å². The highest BCUT2D eigenvalue weighted by molar-refractivity contribution is 5.98. The van der Waals surface area contributed by atoms with Crippen molar-refractivity contribution in [3.8, 4) is 5.75 Å². The highest BCUT2D eigenvalue weighted by atomic mass is 19.1. The van der Waals surface area contributed by atoms with Crippen LogP contribution >= 0.6 is 0 Å². The van der Waals surface area contributed by atoms with E-state index in [0.29, 0.717) is 44.8 Å². The minimum Gasteiger partial charge on any atom is -0.484 e. The van der Waals surface area contributed by atoms with E-state index in [2.05, 4.69) is 5.32 Å². The first-order valence-corrected chi connectivity index (χ1v) is 13.9. The third kappa shape index (κ3) is 6.13. The van der Waals surface area contributed by atoms with Crippen LogP contribution < -0.4 is 20.7 Å². The second-order valence-electron chi connectivity index (χ2n) is 11.0. The number of piperidine rings is 1. The van der Waals surface area contributed by atoms with Crippen molar-refractivity contribution in [3.63, 3.8) is 0 Å². The Labute approximate surface area is 239 Å². The molecule has 0 aromatic heterocycles. The Morgan fingerprint density at radius 2 is 1.76 bits per heavy atom. The van der Waals surface area contributed by atoms with E-state index in [-0.39, 0.29) is 29.9 Å². The summed E-state index contributed by atoms with van der Waals surface area (Å²) in [7, 11) is 1.75. The van der Waals surface area contributed by atoms with E-state index >= 15 is 0 Å². The number of carbonyl (C=O) groups excluding carboxylic acids is 4. The number of likely N-dealkylation sites (tertiary alicyclic amines) is 1. The maximum absolute atomic E-state index is 14.4. The van der Waals surface area contributed by atoms with Gasteiger partial charge in [-0.1, -0.05) is 26.8 Å². The number of nitrogens with one attached hydrogen (secondary N) is 1. The predicted molar refractivity (Wildman–Crippen MR) is 152 cm³/mol. The van der Waals surface area contributed by atoms with Crippen LogP contribution in [0, 0.1) is 11.7 Å². The Balaban J connectivity index is 1.47. The highest BCUT2D eigenvalue weighted by Crippen LogP contribution is 2.39. The molecule has 0 bridgehead atoms. The van der Waals surface area contributed by atoms with Gasteiger partial charge in [-0.3, -0.25) is 19.2 Å². The lowest BCUT2D eigenvalue weighted by Gasteiger charge is -2.44. The second kappa shape index (κ2) is 12.2. The van der Waals surface area contributed by atoms with Gasteiger partial charge >= 0.3 is 0 Å². The minimum absolute atomic E-state index is 0.0151. The molecule has 2 aromatic carbocycles. The van der Waals surface area contributed by atoms with E-state index in [4.69, 9.17) is 10.5 Å². The number of ether oxygens (including phenoxy) is 1. The van der Waals surface area contributed by atoms with Crippen LogP contribution in [0.2, 0.25) is 0 Å². The van der Waals surface area contributed by atoms with Gasteiger partial charge in [-0.15, -0.1) is 0 Å². The van der Waals surface area contributed by atoms with Crippen LogP contribution in [-0.2, 0) is 20.8 Å². The lowest BCUT2D eigenvalue weighted by atomic mass is 9.85. The fourth-order valence-corrected chi connectivity index (χ4v) is 5.56. The van der Waals surface area contributed by atoms with E-state index in [1.165, 1.54) is 12.1 Å². The zero-order valence-corrected chi connectivity index (χ0v) is 24.0. The van der Waals surface area contributed by atoms with Crippen LogP contribution in [0.4, 0.5) is 10.1 Å². The van der Waals surface area contributed by atoms with Crippen molar-refractivity contribution in [2.75, 3.05) is 38.3 Å². The number of halogens is 1. The van der Waals surface area contributed by atoms with Crippen LogP contribution in [-0.4, -0.2) is 78.4 Å². The van der Waals surface area contributed by atoms with E-state index in [0.717, 1.165) is 11.3 Å². The summed E-state index contributed by atoms with van der Waals surface area (Å²) in [5.74, 6) is -1.84. The van der Waals surface area contributed by atoms with E-state index in [9.17, 15) is 23.6 Å². The zero-order chi connectivity index (χ0) is 29.9. The molecule has 10 nitrogen and oxygen atoms in total. The van der Waals surface area contributed by atoms with Gasteiger partial charge in [0.25, 0.3) is 11.8 Å². The summed E-state index contributed by atoms with van der Waals surface area (Å²) >= 11 is 0. The molecule has 2 heterocycles. The Morgan fingerprint density at radius 1 is 1.10 bits per heavy atom. The van der Waals surface area contributed by atoms with E-state index in [1.54, 1.807) is 35.0 Å². The third-order valence-electron chi connectivity index (χ3n) is 7.95. The molecule has 2 fully saturated rings. The summed E-state index contributed by atoms with van der Waals surface area (Å²) in [6, 6.07) is 10.7. The first-order chi connectivity index (χ1) is 19.5. The fraction of sp³-hybridized carbons (Fsp3) is 0.467. The van der Waals surface area contributed by atoms with Crippen LogP contribution in [0.25, 0.3) is 0 Å². The van der Waals surface area contributed by atoms with Gasteiger partial charge in [0.1, 0.15) is 23.1 Å². The molecule has 11 heteroatoms. The second-order valence-corrected chi connectivity index (χ2v) is 11.0. The third-order valence-corrected chi connectivity index (χ3v) is 7.95. The van der Waals surface area contributed by atoms with Crippen molar-refractivity contribution in [1.82, 2.24) is 15.1 Å². The largest absolute Gasteiger partial charge is 0.484 e. The number of likely N-dealkylation sites (N-methyl/N-ethyl adjacent to an activating group) is 1. The average Bonchev–Trinajstić information content (AvgIpc) is 3.19. The van der Waals surface area contributed by atoms with Crippen molar-refractivity contribution in [2.45, 2.75) is 51.6 Å². The average molecular weight is 568 g/mol. The normalized spacial score (nSPS) is 17.2. The monoisotopic (exact) mass is 567 g/mol. The van der Waals surface area contributed by atoms with Gasteiger partial charge in [0.15, 0.2) is 6.61 Å². The number of benzene rings is 2. The first-order valence-electron chi connectivity index (χ1n) is 13.9. The van der Waals surface area contributed by atoms with Gasteiger partial charge in [0.2, 0.25) is 11.8 Å². The molecule has 0 saturated carbocycles. The van der Waals surface area contributed by atoms with Gasteiger partial charge in [-0.05, 0) is 67.1 Å². The summed E-state index contributed by atoms with van der Waals surface area (Å²) in [4.78, 5) is 56.5. The molecule has 0 aliphatic carbocycles. The van der Waals surface area contributed by atoms with Crippen molar-refractivity contribution in [1.29, 1.82) is 0 Å². The minimum atomic E-state index is -0.841. The van der Waals surface area contributed by atoms with Gasteiger partial charge in [-0.2, -0.15) is 0 Å². The van der Waals surface area contributed by atoms with Gasteiger partial charge in [-0.25, -0.2) is 4.39 Å². The molecular weight excluding hydrogens is 529 g/mol. The SMILES string of the molecule is CCc1ccc(F)c(C(=O)N[C@@H](C(=O)N2CCC3(CC2)C(=O)N(C)CN3c2ccc(OCC(N)=O)cc2)C(C)C)c1. The molecule has 220 valence electrons. The topological polar surface area (TPSA) is 125 Å². The molecule has 4 rings (SSSR count). The number of aryl methyl sites for hydroxylation is 1. The number of nitrogens with two attached hydrogens (primary N) is 1. The number of rotatable bonds is 9. The van der Waals surface area contributed by atoms with Crippen molar-refractivity contribution < 1.29 is 28.3 Å². The molecule has 3 N–H and O–H groups in total. The first kappa shape index (κ1) is 29.8. The lowest BCUT2D eigenvalue weighted by molar-refractivity contribution is -0.139. The molecule has 4 amide bonds. The smallest absolute Gasteiger partial charge is 0.255 e. The maximum atomic E-state index is 14.4. The number of anilines is 1. The lowest BCUT2D eigenvalue weighted by Crippen LogP contribution is -2.60. The van der Waals surface area contributed by atoms with Crippen molar-refractivity contribution >= 4 is 29.3 Å². The maximum Gasteiger partial charge on any atom is 0.255 e. The number of hydrogen-bond acceptors (Lipinski definition) is 6. The summed E-state index contributed by atoms with van der Waals surface area (Å²) in [5, 5.41) is 2.76. The molecule has 2 aliphatic heterocycles. The Kier molecular flexibility index (Phi) is 8.84. The molecule has 1 spiro atoms. The highest BCUT2D eigenvalue weighted by Gasteiger charge is 2.53. The predicted octanol–water partition coefficient (Wildman–Crippen LogP) is 2.30. The number of hydrogen-bond donors (Lipinski definition) is 2. The van der Waals surface area contributed by atoms with Crippen LogP contribution in [0.15, 0.2) is 42.5 Å². The molecular formula is C30H38FN5O5.